The monoisotopic (exact) mass is 266 g/mol. The van der Waals surface area contributed by atoms with Gasteiger partial charge in [0.2, 0.25) is 0 Å². The molecule has 2 N–H and O–H groups in total. The largest absolute Gasteiger partial charge is 0.488 e. The van der Waals surface area contributed by atoms with Crippen molar-refractivity contribution in [1.82, 2.24) is 4.90 Å². The Hall–Kier alpha value is -1.13. The Balaban J connectivity index is 1.94. The van der Waals surface area contributed by atoms with Crippen molar-refractivity contribution in [2.24, 2.45) is 5.73 Å². The molecule has 3 nitrogen and oxygen atoms in total. The molecular formula is C15H23FN2O. The predicted octanol–water partition coefficient (Wildman–Crippen LogP) is 2.19. The van der Waals surface area contributed by atoms with Gasteiger partial charge in [-0.3, -0.25) is 4.90 Å². The second kappa shape index (κ2) is 6.35. The average Bonchev–Trinajstić information content (AvgIpc) is 2.75. The van der Waals surface area contributed by atoms with Crippen molar-refractivity contribution in [1.29, 1.82) is 0 Å². The van der Waals surface area contributed by atoms with E-state index in [0.717, 1.165) is 37.2 Å². The van der Waals surface area contributed by atoms with Crippen LogP contribution in [0.1, 0.15) is 25.8 Å². The zero-order valence-electron chi connectivity index (χ0n) is 11.7. The molecule has 1 aromatic carbocycles. The molecule has 0 radical (unpaired) electrons. The maximum absolute atomic E-state index is 13.2. The predicted molar refractivity (Wildman–Crippen MR) is 74.9 cm³/mol. The van der Waals surface area contributed by atoms with E-state index in [1.807, 2.05) is 0 Å². The third-order valence-electron chi connectivity index (χ3n) is 3.58. The highest BCUT2D eigenvalue weighted by atomic mass is 19.1. The van der Waals surface area contributed by atoms with Gasteiger partial charge in [-0.25, -0.2) is 4.39 Å². The Morgan fingerprint density at radius 1 is 1.47 bits per heavy atom. The van der Waals surface area contributed by atoms with Gasteiger partial charge in [-0.1, -0.05) is 0 Å². The Morgan fingerprint density at radius 3 is 2.95 bits per heavy atom. The maximum Gasteiger partial charge on any atom is 0.123 e. The first kappa shape index (κ1) is 14.3. The number of hydrogen-bond donors (Lipinski definition) is 1. The number of hydrogen-bond acceptors (Lipinski definition) is 3. The Morgan fingerprint density at radius 2 is 2.26 bits per heavy atom. The first-order valence-electron chi connectivity index (χ1n) is 6.99. The van der Waals surface area contributed by atoms with Gasteiger partial charge in [-0.2, -0.15) is 0 Å². The third-order valence-corrected chi connectivity index (χ3v) is 3.58. The van der Waals surface area contributed by atoms with Crippen molar-refractivity contribution in [3.05, 3.63) is 29.6 Å². The highest BCUT2D eigenvalue weighted by Gasteiger charge is 2.25. The van der Waals surface area contributed by atoms with Crippen LogP contribution in [0.2, 0.25) is 0 Å². The van der Waals surface area contributed by atoms with Gasteiger partial charge in [0.05, 0.1) is 0 Å². The molecule has 0 spiro atoms. The minimum absolute atomic E-state index is 0.122. The molecule has 0 aromatic heterocycles. The standard InChI is InChI=1S/C15H23FN2O/c1-11(2)18(7-3-6-17)10-14-9-12-8-13(16)4-5-15(12)19-14/h4-5,8,11,14H,3,6-7,9-10,17H2,1-2H3. The maximum atomic E-state index is 13.2. The van der Waals surface area contributed by atoms with Gasteiger partial charge < -0.3 is 10.5 Å². The second-order valence-corrected chi connectivity index (χ2v) is 5.43. The number of nitrogens with two attached hydrogens (primary N) is 1. The number of halogens is 1. The molecule has 1 heterocycles. The lowest BCUT2D eigenvalue weighted by Crippen LogP contribution is -2.40. The number of rotatable bonds is 6. The summed E-state index contributed by atoms with van der Waals surface area (Å²) < 4.78 is 19.0. The zero-order chi connectivity index (χ0) is 13.8. The summed E-state index contributed by atoms with van der Waals surface area (Å²) >= 11 is 0. The molecule has 1 aromatic rings. The van der Waals surface area contributed by atoms with Crippen LogP contribution in [0, 0.1) is 5.82 Å². The highest BCUT2D eigenvalue weighted by molar-refractivity contribution is 5.37. The van der Waals surface area contributed by atoms with Gasteiger partial charge >= 0.3 is 0 Å². The molecule has 0 bridgehead atoms. The van der Waals surface area contributed by atoms with E-state index in [-0.39, 0.29) is 11.9 Å². The zero-order valence-corrected chi connectivity index (χ0v) is 11.7. The molecule has 0 fully saturated rings. The van der Waals surface area contributed by atoms with Gasteiger partial charge in [0.1, 0.15) is 17.7 Å². The summed E-state index contributed by atoms with van der Waals surface area (Å²) in [6.07, 6.45) is 1.91. The van der Waals surface area contributed by atoms with E-state index in [2.05, 4.69) is 18.7 Å². The SMILES string of the molecule is CC(C)N(CCCN)CC1Cc2cc(F)ccc2O1. The smallest absolute Gasteiger partial charge is 0.123 e. The lowest BCUT2D eigenvalue weighted by atomic mass is 10.1. The lowest BCUT2D eigenvalue weighted by molar-refractivity contribution is 0.127. The van der Waals surface area contributed by atoms with Gasteiger partial charge in [-0.15, -0.1) is 0 Å². The van der Waals surface area contributed by atoms with Crippen LogP contribution in [0.15, 0.2) is 18.2 Å². The van der Waals surface area contributed by atoms with Gasteiger partial charge in [0, 0.05) is 24.6 Å². The van der Waals surface area contributed by atoms with E-state index in [4.69, 9.17) is 10.5 Å². The topological polar surface area (TPSA) is 38.5 Å². The molecule has 2 rings (SSSR count). The van der Waals surface area contributed by atoms with E-state index in [0.29, 0.717) is 12.6 Å². The van der Waals surface area contributed by atoms with Crippen LogP contribution >= 0.6 is 0 Å². The molecular weight excluding hydrogens is 243 g/mol. The number of fused-ring (bicyclic) bond motifs is 1. The molecule has 1 aliphatic heterocycles. The molecule has 0 aliphatic carbocycles. The average molecular weight is 266 g/mol. The first-order valence-corrected chi connectivity index (χ1v) is 6.99. The second-order valence-electron chi connectivity index (χ2n) is 5.43. The van der Waals surface area contributed by atoms with Crippen LogP contribution in [0.5, 0.6) is 5.75 Å². The van der Waals surface area contributed by atoms with Crippen LogP contribution in [0.3, 0.4) is 0 Å². The van der Waals surface area contributed by atoms with Crippen LogP contribution in [0.25, 0.3) is 0 Å². The summed E-state index contributed by atoms with van der Waals surface area (Å²) in [6.45, 7) is 6.92. The van der Waals surface area contributed by atoms with Gasteiger partial charge in [0.25, 0.3) is 0 Å². The van der Waals surface area contributed by atoms with E-state index in [1.165, 1.54) is 6.07 Å². The molecule has 1 atom stereocenters. The highest BCUT2D eigenvalue weighted by Crippen LogP contribution is 2.29. The fourth-order valence-electron chi connectivity index (χ4n) is 2.51. The van der Waals surface area contributed by atoms with Crippen molar-refractivity contribution < 1.29 is 9.13 Å². The van der Waals surface area contributed by atoms with E-state index >= 15 is 0 Å². The number of ether oxygens (including phenoxy) is 1. The first-order chi connectivity index (χ1) is 9.10. The van der Waals surface area contributed by atoms with Crippen molar-refractivity contribution in [2.45, 2.75) is 38.8 Å². The summed E-state index contributed by atoms with van der Waals surface area (Å²) in [7, 11) is 0. The molecule has 106 valence electrons. The lowest BCUT2D eigenvalue weighted by Gasteiger charge is -2.28. The van der Waals surface area contributed by atoms with Crippen molar-refractivity contribution in [2.75, 3.05) is 19.6 Å². The third kappa shape index (κ3) is 3.67. The summed E-state index contributed by atoms with van der Waals surface area (Å²) in [5.74, 6) is 0.640. The van der Waals surface area contributed by atoms with Gasteiger partial charge in [0.15, 0.2) is 0 Å². The molecule has 0 saturated heterocycles. The Labute approximate surface area is 114 Å². The quantitative estimate of drug-likeness (QED) is 0.858. The van der Waals surface area contributed by atoms with Gasteiger partial charge in [-0.05, 0) is 51.6 Å². The molecule has 1 unspecified atom stereocenters. The van der Waals surface area contributed by atoms with Crippen molar-refractivity contribution in [3.63, 3.8) is 0 Å². The van der Waals surface area contributed by atoms with Crippen LogP contribution in [0.4, 0.5) is 4.39 Å². The van der Waals surface area contributed by atoms with Crippen LogP contribution in [-0.4, -0.2) is 36.7 Å². The fraction of sp³-hybridized carbons (Fsp3) is 0.600. The summed E-state index contributed by atoms with van der Waals surface area (Å²) in [5.41, 5.74) is 6.55. The minimum Gasteiger partial charge on any atom is -0.488 e. The van der Waals surface area contributed by atoms with E-state index in [1.54, 1.807) is 12.1 Å². The summed E-state index contributed by atoms with van der Waals surface area (Å²) in [5, 5.41) is 0. The minimum atomic E-state index is -0.188. The molecule has 1 aliphatic rings. The normalized spacial score (nSPS) is 17.9. The van der Waals surface area contributed by atoms with Crippen molar-refractivity contribution in [3.8, 4) is 5.75 Å². The summed E-state index contributed by atoms with van der Waals surface area (Å²) in [6, 6.07) is 5.23. The van der Waals surface area contributed by atoms with Crippen LogP contribution < -0.4 is 10.5 Å². The van der Waals surface area contributed by atoms with Crippen LogP contribution in [-0.2, 0) is 6.42 Å². The molecule has 0 amide bonds. The molecule has 0 saturated carbocycles. The molecule has 4 heteroatoms. The summed E-state index contributed by atoms with van der Waals surface area (Å²) in [4.78, 5) is 2.37. The van der Waals surface area contributed by atoms with E-state index < -0.39 is 0 Å². The van der Waals surface area contributed by atoms with E-state index in [9.17, 15) is 4.39 Å². The fourth-order valence-corrected chi connectivity index (χ4v) is 2.51. The number of benzene rings is 1. The Kier molecular flexibility index (Phi) is 4.77. The van der Waals surface area contributed by atoms with Crippen molar-refractivity contribution >= 4 is 0 Å². The Bertz CT molecular complexity index is 423. The molecule has 19 heavy (non-hydrogen) atoms. The number of nitrogens with zero attached hydrogens (tertiary/aromatic N) is 1.